The number of aliphatic carboxylic acids is 1. The monoisotopic (exact) mass is 574 g/mol. The molecular weight excluding hydrogens is 552 g/mol. The van der Waals surface area contributed by atoms with Gasteiger partial charge in [0.15, 0.2) is 11.4 Å². The maximum absolute atomic E-state index is 13.9. The molecule has 0 radical (unpaired) electrons. The molecule has 5 rings (SSSR count). The molecule has 0 bridgehead atoms. The Kier molecular flexibility index (Phi) is 7.95. The lowest BCUT2D eigenvalue weighted by atomic mass is 9.93. The van der Waals surface area contributed by atoms with Gasteiger partial charge >= 0.3 is 11.9 Å². The van der Waals surface area contributed by atoms with E-state index >= 15 is 0 Å². The van der Waals surface area contributed by atoms with Crippen LogP contribution in [0.4, 0.5) is 0 Å². The van der Waals surface area contributed by atoms with Gasteiger partial charge in [-0.15, -0.1) is 0 Å². The van der Waals surface area contributed by atoms with E-state index in [4.69, 9.17) is 31.2 Å². The minimum absolute atomic E-state index is 0.161. The lowest BCUT2D eigenvalue weighted by Gasteiger charge is -2.25. The number of hydrogen-bond acceptors (Lipinski definition) is 7. The molecule has 1 aliphatic heterocycles. The first-order chi connectivity index (χ1) is 19.4. The van der Waals surface area contributed by atoms with Crippen LogP contribution in [0.1, 0.15) is 29.7 Å². The number of aromatic nitrogens is 1. The molecule has 1 aliphatic rings. The highest BCUT2D eigenvalue weighted by atomic mass is 35.5. The summed E-state index contributed by atoms with van der Waals surface area (Å²) in [5, 5.41) is 9.34. The zero-order chi connectivity index (χ0) is 28.2. The van der Waals surface area contributed by atoms with Crippen molar-refractivity contribution in [1.82, 2.24) is 4.57 Å². The van der Waals surface area contributed by atoms with Crippen LogP contribution in [0.5, 0.6) is 5.75 Å². The summed E-state index contributed by atoms with van der Waals surface area (Å²) in [6.45, 7) is 1.44. The topological polar surface area (TPSA) is 107 Å². The third kappa shape index (κ3) is 5.61. The molecule has 40 heavy (non-hydrogen) atoms. The third-order valence-corrected chi connectivity index (χ3v) is 7.33. The molecule has 0 saturated heterocycles. The fourth-order valence-corrected chi connectivity index (χ4v) is 5.48. The predicted octanol–water partition coefficient (Wildman–Crippen LogP) is 4.05. The molecule has 2 heterocycles. The summed E-state index contributed by atoms with van der Waals surface area (Å²) >= 11 is 7.37. The Bertz CT molecular complexity index is 1780. The molecular formula is C30H23ClN2O6S. The molecule has 202 valence electrons. The van der Waals surface area contributed by atoms with Gasteiger partial charge < -0.3 is 14.6 Å². The average molecular weight is 575 g/mol. The number of ether oxygens (including phenoxy) is 2. The number of thiazole rings is 1. The summed E-state index contributed by atoms with van der Waals surface area (Å²) in [6, 6.07) is 22.2. The second-order valence-electron chi connectivity index (χ2n) is 8.73. The third-order valence-electron chi connectivity index (χ3n) is 6.10. The second-order valence-corrected chi connectivity index (χ2v) is 10.2. The highest BCUT2D eigenvalue weighted by Gasteiger charge is 2.35. The van der Waals surface area contributed by atoms with Crippen molar-refractivity contribution in [2.24, 2.45) is 4.99 Å². The van der Waals surface area contributed by atoms with E-state index in [1.54, 1.807) is 61.5 Å². The van der Waals surface area contributed by atoms with Gasteiger partial charge in [-0.1, -0.05) is 77.5 Å². The molecule has 0 saturated carbocycles. The number of carbonyl (C=O) groups is 2. The zero-order valence-electron chi connectivity index (χ0n) is 21.2. The van der Waals surface area contributed by atoms with Crippen LogP contribution in [0.2, 0.25) is 5.02 Å². The van der Waals surface area contributed by atoms with Crippen LogP contribution < -0.4 is 19.6 Å². The van der Waals surface area contributed by atoms with Gasteiger partial charge in [0.05, 0.1) is 28.5 Å². The summed E-state index contributed by atoms with van der Waals surface area (Å²) < 4.78 is 12.6. The van der Waals surface area contributed by atoms with Gasteiger partial charge in [-0.25, -0.2) is 14.6 Å². The molecule has 0 aliphatic carbocycles. The van der Waals surface area contributed by atoms with Crippen molar-refractivity contribution < 1.29 is 24.2 Å². The van der Waals surface area contributed by atoms with Crippen molar-refractivity contribution in [1.29, 1.82) is 0 Å². The Labute approximate surface area is 237 Å². The highest BCUT2D eigenvalue weighted by molar-refractivity contribution is 7.07. The molecule has 1 aromatic heterocycles. The molecule has 0 spiro atoms. The van der Waals surface area contributed by atoms with Crippen molar-refractivity contribution in [3.63, 3.8) is 0 Å². The zero-order valence-corrected chi connectivity index (χ0v) is 22.8. The summed E-state index contributed by atoms with van der Waals surface area (Å²) in [5.41, 5.74) is 2.50. The van der Waals surface area contributed by atoms with Gasteiger partial charge in [0.25, 0.3) is 5.56 Å². The van der Waals surface area contributed by atoms with E-state index in [9.17, 15) is 14.4 Å². The normalized spacial score (nSPS) is 14.8. The van der Waals surface area contributed by atoms with Gasteiger partial charge in [0.2, 0.25) is 0 Å². The minimum atomic E-state index is -1.07. The summed E-state index contributed by atoms with van der Waals surface area (Å²) in [4.78, 5) is 43.3. The Balaban J connectivity index is 1.70. The van der Waals surface area contributed by atoms with Gasteiger partial charge in [-0.2, -0.15) is 0 Å². The van der Waals surface area contributed by atoms with Crippen LogP contribution in [0.3, 0.4) is 0 Å². The first kappa shape index (κ1) is 27.1. The molecule has 1 N–H and O–H groups in total. The molecule has 3 aromatic carbocycles. The molecule has 0 unspecified atom stereocenters. The number of rotatable bonds is 8. The van der Waals surface area contributed by atoms with Crippen molar-refractivity contribution >= 4 is 46.6 Å². The molecule has 0 amide bonds. The molecule has 0 fully saturated rings. The van der Waals surface area contributed by atoms with Gasteiger partial charge in [0.1, 0.15) is 5.75 Å². The maximum atomic E-state index is 13.9. The van der Waals surface area contributed by atoms with Crippen LogP contribution in [-0.2, 0) is 14.3 Å². The van der Waals surface area contributed by atoms with Crippen molar-refractivity contribution in [3.8, 4) is 5.75 Å². The molecule has 8 nitrogen and oxygen atoms in total. The van der Waals surface area contributed by atoms with Crippen LogP contribution in [-0.4, -0.2) is 34.8 Å². The highest BCUT2D eigenvalue weighted by Crippen LogP contribution is 2.35. The smallest absolute Gasteiger partial charge is 0.341 e. The second kappa shape index (κ2) is 11.7. The summed E-state index contributed by atoms with van der Waals surface area (Å²) in [6.07, 6.45) is 1.72. The van der Waals surface area contributed by atoms with E-state index in [1.165, 1.54) is 15.9 Å². The van der Waals surface area contributed by atoms with E-state index in [-0.39, 0.29) is 17.7 Å². The van der Waals surface area contributed by atoms with Gasteiger partial charge in [0, 0.05) is 10.6 Å². The van der Waals surface area contributed by atoms with Gasteiger partial charge in [-0.3, -0.25) is 9.36 Å². The number of hydrogen-bond donors (Lipinski definition) is 1. The molecule has 4 aromatic rings. The summed E-state index contributed by atoms with van der Waals surface area (Å²) in [5.74, 6) is -1.23. The van der Waals surface area contributed by atoms with Crippen LogP contribution in [0, 0.1) is 0 Å². The number of nitrogens with zero attached hydrogens (tertiary/aromatic N) is 2. The SMILES string of the molecule is CCOC(=O)C1=C(c2ccccc2)N=c2sc(=Cc3ccc(OCC(=O)O)cc3)c(=O)n2[C@@H]1c1ccc(Cl)cc1. The Morgan fingerprint density at radius 2 is 1.75 bits per heavy atom. The van der Waals surface area contributed by atoms with E-state index < -0.39 is 24.6 Å². The van der Waals surface area contributed by atoms with E-state index in [1.807, 2.05) is 30.3 Å². The van der Waals surface area contributed by atoms with Crippen molar-refractivity contribution in [2.75, 3.05) is 13.2 Å². The minimum Gasteiger partial charge on any atom is -0.482 e. The predicted molar refractivity (Wildman–Crippen MR) is 152 cm³/mol. The molecule has 1 atom stereocenters. The lowest BCUT2D eigenvalue weighted by molar-refractivity contribution is -0.140. The first-order valence-corrected chi connectivity index (χ1v) is 13.5. The number of carboxylic acids is 1. The maximum Gasteiger partial charge on any atom is 0.341 e. The Morgan fingerprint density at radius 1 is 1.05 bits per heavy atom. The standard InChI is InChI=1S/C30H23ClN2O6S/c1-2-38-29(37)25-26(19-6-4-3-5-7-19)32-30-33(27(25)20-10-12-21(31)13-11-20)28(36)23(40-30)16-18-8-14-22(15-9-18)39-17-24(34)35/h3-16,27H,2,17H2,1H3,(H,34,35)/t27-/m1/s1. The van der Waals surface area contributed by atoms with E-state index in [2.05, 4.69) is 0 Å². The van der Waals surface area contributed by atoms with Crippen LogP contribution in [0.25, 0.3) is 11.8 Å². The van der Waals surface area contributed by atoms with Crippen LogP contribution in [0.15, 0.2) is 94.2 Å². The number of esters is 1. The van der Waals surface area contributed by atoms with Crippen molar-refractivity contribution in [3.05, 3.63) is 126 Å². The van der Waals surface area contributed by atoms with Gasteiger partial charge in [-0.05, 0) is 48.4 Å². The Hall–Kier alpha value is -4.47. The summed E-state index contributed by atoms with van der Waals surface area (Å²) in [7, 11) is 0. The Morgan fingerprint density at radius 3 is 2.40 bits per heavy atom. The van der Waals surface area contributed by atoms with E-state index in [0.717, 1.165) is 5.56 Å². The van der Waals surface area contributed by atoms with E-state index in [0.29, 0.717) is 36.9 Å². The number of carboxylic acid groups (broad SMARTS) is 1. The number of halogens is 1. The van der Waals surface area contributed by atoms with Crippen LogP contribution >= 0.6 is 22.9 Å². The lowest BCUT2D eigenvalue weighted by Crippen LogP contribution is -2.40. The largest absolute Gasteiger partial charge is 0.482 e. The molecule has 10 heteroatoms. The first-order valence-electron chi connectivity index (χ1n) is 12.3. The number of fused-ring (bicyclic) bond motifs is 1. The fraction of sp³-hybridized carbons (Fsp3) is 0.133. The average Bonchev–Trinajstić information content (AvgIpc) is 3.27. The number of benzene rings is 3. The fourth-order valence-electron chi connectivity index (χ4n) is 4.36. The number of carbonyl (C=O) groups excluding carboxylic acids is 1. The van der Waals surface area contributed by atoms with Crippen molar-refractivity contribution in [2.45, 2.75) is 13.0 Å². The quantitative estimate of drug-likeness (QED) is 0.318.